The maximum Gasteiger partial charge on any atom is 0.501 e. The third-order valence-electron chi connectivity index (χ3n) is 4.13. The first kappa shape index (κ1) is 21.1. The molecule has 13 heteroatoms. The van der Waals surface area contributed by atoms with Crippen LogP contribution in [-0.2, 0) is 16.4 Å². The zero-order chi connectivity index (χ0) is 22.3. The van der Waals surface area contributed by atoms with Crippen molar-refractivity contribution in [3.05, 3.63) is 70.5 Å². The third kappa shape index (κ3) is 3.66. The number of imidazole rings is 1. The van der Waals surface area contributed by atoms with Gasteiger partial charge in [0, 0.05) is 12.4 Å². The van der Waals surface area contributed by atoms with E-state index in [9.17, 15) is 41.4 Å². The van der Waals surface area contributed by atoms with E-state index >= 15 is 0 Å². The molecule has 2 N–H and O–H groups in total. The Morgan fingerprint density at radius 3 is 2.33 bits per heavy atom. The van der Waals surface area contributed by atoms with Crippen LogP contribution in [0.3, 0.4) is 0 Å². The van der Waals surface area contributed by atoms with Crippen molar-refractivity contribution in [2.24, 2.45) is 0 Å². The molecular formula is C17H12F3N3O6S. The number of aromatic nitrogens is 3. The Labute approximate surface area is 166 Å². The van der Waals surface area contributed by atoms with E-state index in [1.807, 2.05) is 0 Å². The number of benzene rings is 1. The van der Waals surface area contributed by atoms with Crippen LogP contribution in [0.15, 0.2) is 58.6 Å². The lowest BCUT2D eigenvalue weighted by Gasteiger charge is -2.09. The van der Waals surface area contributed by atoms with Crippen LogP contribution in [0.25, 0.3) is 5.69 Å². The monoisotopic (exact) mass is 443 g/mol. The highest BCUT2D eigenvalue weighted by Crippen LogP contribution is 2.30. The van der Waals surface area contributed by atoms with Crippen molar-refractivity contribution in [2.75, 3.05) is 0 Å². The van der Waals surface area contributed by atoms with Crippen molar-refractivity contribution in [1.29, 1.82) is 0 Å². The molecule has 158 valence electrons. The molecule has 0 amide bonds. The molecule has 30 heavy (non-hydrogen) atoms. The van der Waals surface area contributed by atoms with E-state index in [1.54, 1.807) is 0 Å². The number of hydrogen-bond acceptors (Lipinski definition) is 6. The fraction of sp³-hybridized carbons (Fsp3) is 0.118. The van der Waals surface area contributed by atoms with E-state index in [-0.39, 0.29) is 23.4 Å². The number of alkyl halides is 3. The second-order valence-corrected chi connectivity index (χ2v) is 7.96. The largest absolute Gasteiger partial charge is 0.501 e. The highest BCUT2D eigenvalue weighted by molar-refractivity contribution is 7.92. The van der Waals surface area contributed by atoms with Gasteiger partial charge in [0.1, 0.15) is 0 Å². The lowest BCUT2D eigenvalue weighted by atomic mass is 10.1. The Hall–Kier alpha value is -3.61. The minimum atomic E-state index is -5.56. The highest BCUT2D eigenvalue weighted by Gasteiger charge is 2.46. The molecule has 0 aliphatic carbocycles. The quantitative estimate of drug-likeness (QED) is 0.614. The van der Waals surface area contributed by atoms with Crippen molar-refractivity contribution < 1.29 is 36.6 Å². The molecule has 0 saturated heterocycles. The van der Waals surface area contributed by atoms with Crippen molar-refractivity contribution in [1.82, 2.24) is 14.1 Å². The normalized spacial score (nSPS) is 12.1. The summed E-state index contributed by atoms with van der Waals surface area (Å²) in [5.74, 6) is -1.85. The van der Waals surface area contributed by atoms with Crippen molar-refractivity contribution >= 4 is 15.8 Å². The van der Waals surface area contributed by atoms with Gasteiger partial charge in [0.05, 0.1) is 28.9 Å². The lowest BCUT2D eigenvalue weighted by molar-refractivity contribution is -0.0436. The van der Waals surface area contributed by atoms with Crippen LogP contribution in [0, 0.1) is 0 Å². The zero-order valence-electron chi connectivity index (χ0n) is 14.7. The first-order valence-corrected chi connectivity index (χ1v) is 9.51. The summed E-state index contributed by atoms with van der Waals surface area (Å²) in [5.41, 5.74) is -6.33. The number of pyridine rings is 1. The predicted molar refractivity (Wildman–Crippen MR) is 95.2 cm³/mol. The van der Waals surface area contributed by atoms with Crippen molar-refractivity contribution in [2.45, 2.75) is 16.9 Å². The molecule has 0 unspecified atom stereocenters. The van der Waals surface area contributed by atoms with Gasteiger partial charge in [-0.05, 0) is 35.9 Å². The van der Waals surface area contributed by atoms with E-state index < -0.39 is 37.8 Å². The Bertz CT molecular complexity index is 1280. The standard InChI is InChI=1S/C17H12F3N3O6S/c18-17(19,20)30(28,29)12-3-1-11(2-4-12)23-14(24)9-22(16(23)27)8-10-5-6-21-7-13(10)15(25)26/h1-7,9,24H,8H2,(H,25,26). The number of hydrogen-bond donors (Lipinski definition) is 2. The number of carboxylic acids is 1. The van der Waals surface area contributed by atoms with Crippen molar-refractivity contribution in [3.8, 4) is 11.6 Å². The van der Waals surface area contributed by atoms with Crippen LogP contribution in [0.5, 0.6) is 5.88 Å². The van der Waals surface area contributed by atoms with Gasteiger partial charge in [0.25, 0.3) is 9.84 Å². The van der Waals surface area contributed by atoms with Crippen LogP contribution < -0.4 is 5.69 Å². The number of aromatic hydroxyl groups is 1. The summed E-state index contributed by atoms with van der Waals surface area (Å²) in [6.45, 7) is -0.232. The van der Waals surface area contributed by atoms with Crippen LogP contribution in [0.2, 0.25) is 0 Å². The van der Waals surface area contributed by atoms with Crippen LogP contribution in [0.1, 0.15) is 15.9 Å². The van der Waals surface area contributed by atoms with Gasteiger partial charge in [0.15, 0.2) is 0 Å². The van der Waals surface area contributed by atoms with Gasteiger partial charge in [-0.25, -0.2) is 22.6 Å². The SMILES string of the molecule is O=C(O)c1cnccc1Cn1cc(O)n(-c2ccc(S(=O)(=O)C(F)(F)F)cc2)c1=O. The fourth-order valence-corrected chi connectivity index (χ4v) is 3.44. The summed E-state index contributed by atoms with van der Waals surface area (Å²) in [6, 6.07) is 4.55. The second-order valence-electron chi connectivity index (χ2n) is 6.01. The Balaban J connectivity index is 2.00. The molecule has 3 aromatic rings. The van der Waals surface area contributed by atoms with E-state index in [2.05, 4.69) is 4.98 Å². The highest BCUT2D eigenvalue weighted by atomic mass is 32.2. The van der Waals surface area contributed by atoms with Crippen LogP contribution in [0.4, 0.5) is 13.2 Å². The zero-order valence-corrected chi connectivity index (χ0v) is 15.6. The number of aromatic carboxylic acids is 1. The Kier molecular flexibility index (Phi) is 5.16. The van der Waals surface area contributed by atoms with Gasteiger partial charge >= 0.3 is 17.2 Å². The Morgan fingerprint density at radius 1 is 1.13 bits per heavy atom. The van der Waals surface area contributed by atoms with Gasteiger partial charge in [-0.15, -0.1) is 0 Å². The van der Waals surface area contributed by atoms with E-state index in [0.29, 0.717) is 12.1 Å². The molecule has 0 aliphatic heterocycles. The summed E-state index contributed by atoms with van der Waals surface area (Å²) in [7, 11) is -5.56. The molecule has 3 rings (SSSR count). The molecule has 0 aliphatic rings. The van der Waals surface area contributed by atoms with Gasteiger partial charge in [-0.2, -0.15) is 13.2 Å². The smallest absolute Gasteiger partial charge is 0.493 e. The topological polar surface area (TPSA) is 131 Å². The van der Waals surface area contributed by atoms with Crippen LogP contribution in [-0.4, -0.2) is 44.2 Å². The van der Waals surface area contributed by atoms with E-state index in [1.165, 1.54) is 12.3 Å². The predicted octanol–water partition coefficient (Wildman–Crippen LogP) is 1.78. The molecule has 0 spiro atoms. The minimum Gasteiger partial charge on any atom is -0.493 e. The molecule has 0 bridgehead atoms. The molecule has 0 fully saturated rings. The van der Waals surface area contributed by atoms with Crippen LogP contribution >= 0.6 is 0 Å². The molecule has 0 radical (unpaired) electrons. The third-order valence-corrected chi connectivity index (χ3v) is 5.63. The first-order valence-electron chi connectivity index (χ1n) is 8.02. The fourth-order valence-electron chi connectivity index (χ4n) is 2.68. The number of carboxylic acid groups (broad SMARTS) is 1. The second kappa shape index (κ2) is 7.33. The summed E-state index contributed by atoms with van der Waals surface area (Å²) >= 11 is 0. The summed E-state index contributed by atoms with van der Waals surface area (Å²) in [5, 5.41) is 19.3. The average molecular weight is 443 g/mol. The number of rotatable bonds is 5. The molecular weight excluding hydrogens is 431 g/mol. The molecule has 0 saturated carbocycles. The number of carbonyl (C=O) groups is 1. The summed E-state index contributed by atoms with van der Waals surface area (Å²) < 4.78 is 62.5. The molecule has 9 nitrogen and oxygen atoms in total. The van der Waals surface area contributed by atoms with Gasteiger partial charge in [-0.1, -0.05) is 0 Å². The van der Waals surface area contributed by atoms with E-state index in [0.717, 1.165) is 33.7 Å². The van der Waals surface area contributed by atoms with Gasteiger partial charge < -0.3 is 10.2 Å². The number of sulfone groups is 1. The molecule has 0 atom stereocenters. The Morgan fingerprint density at radius 2 is 1.77 bits per heavy atom. The first-order chi connectivity index (χ1) is 13.9. The minimum absolute atomic E-state index is 0.0921. The lowest BCUT2D eigenvalue weighted by Crippen LogP contribution is -2.25. The average Bonchev–Trinajstić information content (AvgIpc) is 2.94. The molecule has 2 aromatic heterocycles. The summed E-state index contributed by atoms with van der Waals surface area (Å²) in [4.78, 5) is 26.6. The number of nitrogens with zero attached hydrogens (tertiary/aromatic N) is 3. The van der Waals surface area contributed by atoms with Gasteiger partial charge in [0.2, 0.25) is 5.88 Å². The maximum absolute atomic E-state index is 12.6. The molecule has 1 aromatic carbocycles. The summed E-state index contributed by atoms with van der Waals surface area (Å²) in [6.07, 6.45) is 3.43. The van der Waals surface area contributed by atoms with Crippen molar-refractivity contribution in [3.63, 3.8) is 0 Å². The number of halogens is 3. The van der Waals surface area contributed by atoms with Gasteiger partial charge in [-0.3, -0.25) is 9.55 Å². The maximum atomic E-state index is 12.6. The van der Waals surface area contributed by atoms with E-state index in [4.69, 9.17) is 0 Å². The molecule has 2 heterocycles.